The molecule has 1 heterocycles. The minimum atomic E-state index is -0.830. The van der Waals surface area contributed by atoms with Crippen molar-refractivity contribution in [3.63, 3.8) is 0 Å². The van der Waals surface area contributed by atoms with Crippen LogP contribution in [0.25, 0.3) is 11.0 Å². The summed E-state index contributed by atoms with van der Waals surface area (Å²) >= 11 is 11.3. The van der Waals surface area contributed by atoms with Crippen molar-refractivity contribution >= 4 is 39.9 Å². The van der Waals surface area contributed by atoms with Gasteiger partial charge in [0.25, 0.3) is 0 Å². The largest absolute Gasteiger partial charge is 0.618 e. The van der Waals surface area contributed by atoms with E-state index in [9.17, 15) is 20.1 Å². The van der Waals surface area contributed by atoms with Gasteiger partial charge in [-0.2, -0.15) is 4.73 Å². The number of nitro groups is 1. The van der Waals surface area contributed by atoms with Crippen molar-refractivity contribution in [2.45, 2.75) is 0 Å². The van der Waals surface area contributed by atoms with Gasteiger partial charge in [-0.15, -0.1) is 0 Å². The second kappa shape index (κ2) is 3.86. The Balaban J connectivity index is 3.09. The molecule has 0 saturated heterocycles. The zero-order chi connectivity index (χ0) is 12.7. The van der Waals surface area contributed by atoms with Crippen LogP contribution >= 0.6 is 23.2 Å². The molecule has 0 aliphatic heterocycles. The highest BCUT2D eigenvalue weighted by Gasteiger charge is 2.28. The Morgan fingerprint density at radius 3 is 2.65 bits per heavy atom. The van der Waals surface area contributed by atoms with Crippen LogP contribution in [0.1, 0.15) is 0 Å². The molecule has 88 valence electrons. The first-order valence-corrected chi connectivity index (χ1v) is 4.96. The number of nitrogens with zero attached hydrogens (tertiary/aromatic N) is 2. The molecule has 1 aromatic carbocycles. The van der Waals surface area contributed by atoms with Gasteiger partial charge in [-0.25, -0.2) is 0 Å². The maximum Gasteiger partial charge on any atom is 0.363 e. The predicted molar refractivity (Wildman–Crippen MR) is 60.2 cm³/mol. The van der Waals surface area contributed by atoms with Crippen molar-refractivity contribution in [2.75, 3.05) is 0 Å². The number of hydrogen-bond acceptors (Lipinski definition) is 4. The number of H-pyrrole nitrogens is 1. The smallest absolute Gasteiger partial charge is 0.363 e. The lowest BCUT2D eigenvalue weighted by molar-refractivity contribution is -0.581. The Kier molecular flexibility index (Phi) is 2.64. The fraction of sp³-hybridized carbons (Fsp3) is 0. The van der Waals surface area contributed by atoms with E-state index in [0.29, 0.717) is 6.20 Å². The van der Waals surface area contributed by atoms with Gasteiger partial charge in [0.2, 0.25) is 6.20 Å². The highest BCUT2D eigenvalue weighted by molar-refractivity contribution is 6.44. The highest BCUT2D eigenvalue weighted by Crippen LogP contribution is 2.36. The number of aromatic amines is 1. The van der Waals surface area contributed by atoms with Gasteiger partial charge in [0.1, 0.15) is 10.5 Å². The summed E-state index contributed by atoms with van der Waals surface area (Å²) in [6, 6.07) is 1.18. The summed E-state index contributed by atoms with van der Waals surface area (Å²) in [5.41, 5.74) is -1.72. The molecule has 0 aliphatic carbocycles. The number of halogens is 2. The molecule has 2 rings (SSSR count). The van der Waals surface area contributed by atoms with Gasteiger partial charge < -0.3 is 10.2 Å². The number of nitro benzene ring substituents is 1. The highest BCUT2D eigenvalue weighted by atomic mass is 35.5. The van der Waals surface area contributed by atoms with Gasteiger partial charge in [0, 0.05) is 0 Å². The molecule has 0 aliphatic rings. The molecular weight excluding hydrogens is 273 g/mol. The number of benzene rings is 1. The van der Waals surface area contributed by atoms with E-state index < -0.39 is 16.2 Å². The van der Waals surface area contributed by atoms with E-state index in [1.807, 2.05) is 0 Å². The maximum absolute atomic E-state index is 11.5. The Morgan fingerprint density at radius 1 is 1.41 bits per heavy atom. The molecule has 0 radical (unpaired) electrons. The van der Waals surface area contributed by atoms with Crippen molar-refractivity contribution in [1.82, 2.24) is 4.98 Å². The lowest BCUT2D eigenvalue weighted by atomic mass is 10.2. The van der Waals surface area contributed by atoms with Crippen LogP contribution in [0.4, 0.5) is 5.69 Å². The number of fused-ring (bicyclic) bond motifs is 1. The maximum atomic E-state index is 11.5. The summed E-state index contributed by atoms with van der Waals surface area (Å²) in [5, 5.41) is 21.9. The summed E-state index contributed by atoms with van der Waals surface area (Å²) in [6.07, 6.45) is 0.638. The SMILES string of the molecule is O=c1c[n+]([O-])c2c([N+](=O)[O-])c(Cl)c(Cl)cc2[nH]1. The van der Waals surface area contributed by atoms with Crippen LogP contribution in [-0.2, 0) is 0 Å². The fourth-order valence-corrected chi connectivity index (χ4v) is 1.84. The molecule has 0 unspecified atom stereocenters. The molecule has 0 fully saturated rings. The number of nitrogens with one attached hydrogen (secondary N) is 1. The summed E-state index contributed by atoms with van der Waals surface area (Å²) in [5.74, 6) is 0. The Labute approximate surface area is 103 Å². The van der Waals surface area contributed by atoms with Crippen LogP contribution in [-0.4, -0.2) is 9.91 Å². The Morgan fingerprint density at radius 2 is 2.06 bits per heavy atom. The number of hydrogen-bond donors (Lipinski definition) is 1. The van der Waals surface area contributed by atoms with Crippen molar-refractivity contribution in [2.24, 2.45) is 0 Å². The van der Waals surface area contributed by atoms with E-state index in [2.05, 4.69) is 4.98 Å². The topological polar surface area (TPSA) is 103 Å². The second-order valence-corrected chi connectivity index (χ2v) is 3.90. The van der Waals surface area contributed by atoms with Gasteiger partial charge in [-0.05, 0) is 6.07 Å². The van der Waals surface area contributed by atoms with Crippen LogP contribution in [0, 0.1) is 15.3 Å². The first kappa shape index (κ1) is 11.6. The van der Waals surface area contributed by atoms with Gasteiger partial charge in [0.05, 0.1) is 9.95 Å². The van der Waals surface area contributed by atoms with Crippen molar-refractivity contribution in [3.8, 4) is 0 Å². The predicted octanol–water partition coefficient (Wildman–Crippen LogP) is 1.38. The minimum Gasteiger partial charge on any atom is -0.618 e. The second-order valence-electron chi connectivity index (χ2n) is 3.12. The molecule has 7 nitrogen and oxygen atoms in total. The average Bonchev–Trinajstić information content (AvgIpc) is 2.20. The van der Waals surface area contributed by atoms with Gasteiger partial charge in [0.15, 0.2) is 0 Å². The molecule has 0 spiro atoms. The van der Waals surface area contributed by atoms with Crippen LogP contribution in [0.2, 0.25) is 10.0 Å². The molecule has 0 amide bonds. The van der Waals surface area contributed by atoms with E-state index in [0.717, 1.165) is 0 Å². The molecule has 0 bridgehead atoms. The zero-order valence-electron chi connectivity index (χ0n) is 7.94. The molecule has 17 heavy (non-hydrogen) atoms. The summed E-state index contributed by atoms with van der Waals surface area (Å²) < 4.78 is 0.0918. The van der Waals surface area contributed by atoms with Gasteiger partial charge >= 0.3 is 16.8 Å². The van der Waals surface area contributed by atoms with Crippen molar-refractivity contribution in [1.29, 1.82) is 0 Å². The molecule has 2 aromatic rings. The summed E-state index contributed by atoms with van der Waals surface area (Å²) in [4.78, 5) is 23.3. The third-order valence-electron chi connectivity index (χ3n) is 2.06. The first-order chi connectivity index (χ1) is 7.91. The Hall–Kier alpha value is -1.86. The van der Waals surface area contributed by atoms with Gasteiger partial charge in [-0.1, -0.05) is 23.2 Å². The third kappa shape index (κ3) is 1.79. The number of aromatic nitrogens is 2. The van der Waals surface area contributed by atoms with Crippen molar-refractivity contribution in [3.05, 3.63) is 48.0 Å². The lowest BCUT2D eigenvalue weighted by Crippen LogP contribution is -2.33. The van der Waals surface area contributed by atoms with E-state index >= 15 is 0 Å². The first-order valence-electron chi connectivity index (χ1n) is 4.20. The van der Waals surface area contributed by atoms with Gasteiger partial charge in [-0.3, -0.25) is 14.9 Å². The van der Waals surface area contributed by atoms with Crippen LogP contribution < -0.4 is 10.3 Å². The molecule has 9 heteroatoms. The molecular formula is C8H3Cl2N3O4. The van der Waals surface area contributed by atoms with E-state index in [4.69, 9.17) is 23.2 Å². The van der Waals surface area contributed by atoms with Crippen LogP contribution in [0.3, 0.4) is 0 Å². The normalized spacial score (nSPS) is 10.7. The summed E-state index contributed by atoms with van der Waals surface area (Å²) in [6.45, 7) is 0. The quantitative estimate of drug-likeness (QED) is 0.367. The van der Waals surface area contributed by atoms with E-state index in [-0.39, 0.29) is 25.8 Å². The zero-order valence-corrected chi connectivity index (χ0v) is 9.45. The fourth-order valence-electron chi connectivity index (χ4n) is 1.42. The van der Waals surface area contributed by atoms with E-state index in [1.54, 1.807) is 0 Å². The standard InChI is InChI=1S/C8H3Cl2N3O4/c9-3-1-4-7(8(6(3)10)13(16)17)12(15)2-5(14)11-4/h1-2H,(H,11,14). The van der Waals surface area contributed by atoms with Crippen molar-refractivity contribution < 1.29 is 9.65 Å². The Bertz CT molecular complexity index is 697. The molecule has 0 saturated carbocycles. The minimum absolute atomic E-state index is 0.0476. The van der Waals surface area contributed by atoms with Crippen LogP contribution in [0.15, 0.2) is 17.1 Å². The lowest BCUT2D eigenvalue weighted by Gasteiger charge is -2.03. The van der Waals surface area contributed by atoms with Crippen LogP contribution in [0.5, 0.6) is 0 Å². The summed E-state index contributed by atoms with van der Waals surface area (Å²) in [7, 11) is 0. The average molecular weight is 276 g/mol. The monoisotopic (exact) mass is 275 g/mol. The third-order valence-corrected chi connectivity index (χ3v) is 2.84. The molecule has 1 aromatic heterocycles. The molecule has 0 atom stereocenters. The molecule has 1 N–H and O–H groups in total. The number of rotatable bonds is 1. The van der Waals surface area contributed by atoms with E-state index in [1.165, 1.54) is 6.07 Å².